The maximum Gasteiger partial charge on any atom is 0.250 e. The average molecular weight is 401 g/mol. The molecule has 1 N–H and O–H groups in total. The fraction of sp³-hybridized carbons (Fsp3) is 0.381. The number of anilines is 2. The lowest BCUT2D eigenvalue weighted by atomic mass is 10.1. The maximum atomic E-state index is 13.4. The largest absolute Gasteiger partial charge is 0.497 e. The number of nitrogens with one attached hydrogen (secondary N) is 1. The van der Waals surface area contributed by atoms with Crippen molar-refractivity contribution >= 4 is 27.3 Å². The highest BCUT2D eigenvalue weighted by molar-refractivity contribution is 7.95. The second kappa shape index (κ2) is 6.24. The van der Waals surface area contributed by atoms with Crippen LogP contribution in [0.3, 0.4) is 0 Å². The van der Waals surface area contributed by atoms with Gasteiger partial charge >= 0.3 is 0 Å². The molecule has 0 unspecified atom stereocenters. The van der Waals surface area contributed by atoms with E-state index in [4.69, 9.17) is 4.74 Å². The highest BCUT2D eigenvalue weighted by Crippen LogP contribution is 2.59. The first-order chi connectivity index (χ1) is 13.2. The summed E-state index contributed by atoms with van der Waals surface area (Å²) < 4.78 is 32.1. The van der Waals surface area contributed by atoms with Gasteiger partial charge in [0.1, 0.15) is 5.75 Å². The van der Waals surface area contributed by atoms with Crippen LogP contribution in [0.5, 0.6) is 5.75 Å². The molecular weight excluding hydrogens is 376 g/mol. The van der Waals surface area contributed by atoms with Crippen molar-refractivity contribution in [2.75, 3.05) is 23.3 Å². The fourth-order valence-corrected chi connectivity index (χ4v) is 6.76. The molecule has 6 nitrogen and oxygen atoms in total. The Morgan fingerprint density at radius 1 is 1.14 bits per heavy atom. The third kappa shape index (κ3) is 2.53. The Labute approximate surface area is 165 Å². The van der Waals surface area contributed by atoms with E-state index in [2.05, 4.69) is 5.32 Å². The molecule has 2 aromatic carbocycles. The lowest BCUT2D eigenvalue weighted by molar-refractivity contribution is -0.116. The van der Waals surface area contributed by atoms with Crippen molar-refractivity contribution in [2.24, 2.45) is 5.92 Å². The van der Waals surface area contributed by atoms with Crippen LogP contribution in [0.4, 0.5) is 11.4 Å². The summed E-state index contributed by atoms with van der Waals surface area (Å²) >= 11 is 0. The van der Waals surface area contributed by atoms with Crippen LogP contribution in [0.1, 0.15) is 23.1 Å². The van der Waals surface area contributed by atoms with Crippen LogP contribution >= 0.6 is 0 Å². The van der Waals surface area contributed by atoms with Crippen molar-refractivity contribution in [2.45, 2.75) is 31.9 Å². The van der Waals surface area contributed by atoms with E-state index in [1.807, 2.05) is 45.0 Å². The van der Waals surface area contributed by atoms with E-state index < -0.39 is 20.7 Å². The monoisotopic (exact) mass is 400 g/mol. The Balaban J connectivity index is 1.65. The zero-order valence-electron chi connectivity index (χ0n) is 16.4. The highest BCUT2D eigenvalue weighted by Gasteiger charge is 2.75. The number of ether oxygens (including phenoxy) is 1. The number of carbonyl (C=O) groups excluding carboxylic acids is 1. The molecule has 1 amide bonds. The van der Waals surface area contributed by atoms with E-state index >= 15 is 0 Å². The van der Waals surface area contributed by atoms with Crippen molar-refractivity contribution in [3.63, 3.8) is 0 Å². The van der Waals surface area contributed by atoms with E-state index in [1.165, 1.54) is 4.31 Å². The standard InChI is InChI=1S/C21H24N2O4S/c1-13-6-5-7-14(2)19(13)23-12-16-11-21(16,28(23,25)26)20(24)22-18-9-8-17(27-4)10-15(18)3/h5-10,16H,11-12H2,1-4H3,(H,22,24)/t16-,21-/m0/s1. The van der Waals surface area contributed by atoms with Crippen molar-refractivity contribution in [3.05, 3.63) is 53.1 Å². The van der Waals surface area contributed by atoms with Crippen LogP contribution in [-0.4, -0.2) is 32.7 Å². The van der Waals surface area contributed by atoms with Gasteiger partial charge in [-0.05, 0) is 62.1 Å². The predicted octanol–water partition coefficient (Wildman–Crippen LogP) is 3.17. The third-order valence-corrected chi connectivity index (χ3v) is 8.46. The van der Waals surface area contributed by atoms with Gasteiger partial charge in [-0.2, -0.15) is 0 Å². The van der Waals surface area contributed by atoms with E-state index in [-0.39, 0.29) is 5.92 Å². The summed E-state index contributed by atoms with van der Waals surface area (Å²) in [6.45, 7) is 6.00. The van der Waals surface area contributed by atoms with E-state index in [0.29, 0.717) is 30.1 Å². The number of nitrogens with zero attached hydrogens (tertiary/aromatic N) is 1. The molecule has 1 heterocycles. The molecule has 2 atom stereocenters. The number of benzene rings is 2. The molecule has 4 rings (SSSR count). The topological polar surface area (TPSA) is 75.7 Å². The number of carbonyl (C=O) groups is 1. The second-order valence-corrected chi connectivity index (χ2v) is 9.82. The highest BCUT2D eigenvalue weighted by atomic mass is 32.2. The maximum absolute atomic E-state index is 13.4. The molecule has 0 aromatic heterocycles. The van der Waals surface area contributed by atoms with Gasteiger partial charge in [0, 0.05) is 18.2 Å². The predicted molar refractivity (Wildman–Crippen MR) is 109 cm³/mol. The van der Waals surface area contributed by atoms with Crippen molar-refractivity contribution in [1.29, 1.82) is 0 Å². The van der Waals surface area contributed by atoms with Crippen LogP contribution in [0.2, 0.25) is 0 Å². The van der Waals surface area contributed by atoms with Crippen LogP contribution < -0.4 is 14.4 Å². The Hall–Kier alpha value is -2.54. The number of fused-ring (bicyclic) bond motifs is 1. The van der Waals surface area contributed by atoms with Gasteiger partial charge in [-0.15, -0.1) is 0 Å². The molecule has 0 bridgehead atoms. The molecule has 148 valence electrons. The number of hydrogen-bond acceptors (Lipinski definition) is 4. The summed E-state index contributed by atoms with van der Waals surface area (Å²) in [5.74, 6) is 0.0576. The van der Waals surface area contributed by atoms with Crippen LogP contribution in [0.15, 0.2) is 36.4 Å². The molecule has 1 saturated heterocycles. The van der Waals surface area contributed by atoms with Crippen molar-refractivity contribution in [3.8, 4) is 5.75 Å². The van der Waals surface area contributed by atoms with Crippen LogP contribution in [0, 0.1) is 26.7 Å². The molecule has 2 aliphatic rings. The molecule has 0 spiro atoms. The molecule has 1 saturated carbocycles. The lowest BCUT2D eigenvalue weighted by Crippen LogP contribution is -2.42. The summed E-state index contributed by atoms with van der Waals surface area (Å²) in [4.78, 5) is 13.1. The van der Waals surface area contributed by atoms with Gasteiger partial charge in [0.2, 0.25) is 15.9 Å². The zero-order valence-corrected chi connectivity index (χ0v) is 17.3. The number of amides is 1. The summed E-state index contributed by atoms with van der Waals surface area (Å²) in [6, 6.07) is 11.0. The van der Waals surface area contributed by atoms with Gasteiger partial charge in [0.15, 0.2) is 4.75 Å². The minimum absolute atomic E-state index is 0.185. The first-order valence-corrected chi connectivity index (χ1v) is 10.7. The number of hydrogen-bond donors (Lipinski definition) is 1. The molecule has 2 fully saturated rings. The summed E-state index contributed by atoms with van der Waals surface area (Å²) in [7, 11) is -2.22. The molecule has 28 heavy (non-hydrogen) atoms. The smallest absolute Gasteiger partial charge is 0.250 e. The Morgan fingerprint density at radius 3 is 2.43 bits per heavy atom. The quantitative estimate of drug-likeness (QED) is 0.855. The Morgan fingerprint density at radius 2 is 1.82 bits per heavy atom. The average Bonchev–Trinajstić information content (AvgIpc) is 3.33. The normalized spacial score (nSPS) is 24.6. The summed E-state index contributed by atoms with van der Waals surface area (Å²) in [5.41, 5.74) is 3.91. The zero-order chi connectivity index (χ0) is 20.3. The fourth-order valence-electron chi connectivity index (χ4n) is 4.27. The molecule has 1 aliphatic heterocycles. The van der Waals surface area contributed by atoms with Crippen LogP contribution in [0.25, 0.3) is 0 Å². The molecule has 1 aliphatic carbocycles. The summed E-state index contributed by atoms with van der Waals surface area (Å²) in [5, 5.41) is 2.84. The lowest BCUT2D eigenvalue weighted by Gasteiger charge is -2.26. The molecule has 0 radical (unpaired) electrons. The number of methoxy groups -OCH3 is 1. The number of aryl methyl sites for hydroxylation is 3. The van der Waals surface area contributed by atoms with Crippen molar-refractivity contribution in [1.82, 2.24) is 0 Å². The minimum atomic E-state index is -3.80. The SMILES string of the molecule is COc1ccc(NC(=O)[C@]23C[C@H]2CN(c2c(C)cccc2C)S3(=O)=O)c(C)c1. The first-order valence-electron chi connectivity index (χ1n) is 9.27. The van der Waals surface area contributed by atoms with Gasteiger partial charge < -0.3 is 10.1 Å². The van der Waals surface area contributed by atoms with Crippen LogP contribution in [-0.2, 0) is 14.8 Å². The van der Waals surface area contributed by atoms with E-state index in [1.54, 1.807) is 19.2 Å². The van der Waals surface area contributed by atoms with Gasteiger partial charge in [-0.1, -0.05) is 18.2 Å². The van der Waals surface area contributed by atoms with Gasteiger partial charge in [0.05, 0.1) is 12.8 Å². The van der Waals surface area contributed by atoms with Crippen molar-refractivity contribution < 1.29 is 17.9 Å². The molecule has 7 heteroatoms. The Kier molecular flexibility index (Phi) is 4.19. The third-order valence-electron chi connectivity index (χ3n) is 5.94. The second-order valence-electron chi connectivity index (χ2n) is 7.70. The van der Waals surface area contributed by atoms with E-state index in [9.17, 15) is 13.2 Å². The number of rotatable bonds is 4. The molecule has 2 aromatic rings. The number of sulfonamides is 1. The molecular formula is C21H24N2O4S. The summed E-state index contributed by atoms with van der Waals surface area (Å²) in [6.07, 6.45) is 0.373. The van der Waals surface area contributed by atoms with Gasteiger partial charge in [-0.3, -0.25) is 9.10 Å². The Bertz CT molecular complexity index is 1060. The van der Waals surface area contributed by atoms with Gasteiger partial charge in [0.25, 0.3) is 0 Å². The van der Waals surface area contributed by atoms with Gasteiger partial charge in [-0.25, -0.2) is 8.42 Å². The first kappa shape index (κ1) is 18.8. The number of para-hydroxylation sites is 1. The minimum Gasteiger partial charge on any atom is -0.497 e. The van der Waals surface area contributed by atoms with E-state index in [0.717, 1.165) is 16.7 Å².